The van der Waals surface area contributed by atoms with E-state index in [4.69, 9.17) is 9.47 Å². The Hall–Kier alpha value is -4.10. The lowest BCUT2D eigenvalue weighted by atomic mass is 9.98. The van der Waals surface area contributed by atoms with E-state index in [9.17, 15) is 9.59 Å². The molecule has 0 bridgehead atoms. The van der Waals surface area contributed by atoms with Crippen LogP contribution in [0.5, 0.6) is 5.75 Å². The lowest BCUT2D eigenvalue weighted by Crippen LogP contribution is -2.15. The van der Waals surface area contributed by atoms with Crippen LogP contribution in [0, 0.1) is 11.8 Å². The number of rotatable bonds is 5. The van der Waals surface area contributed by atoms with Gasteiger partial charge in [0.15, 0.2) is 5.78 Å². The topological polar surface area (TPSA) is 52.6 Å². The molecule has 0 aliphatic heterocycles. The molecule has 3 rings (SSSR count). The zero-order valence-electron chi connectivity index (χ0n) is 16.7. The largest absolute Gasteiger partial charge is 0.497 e. The zero-order chi connectivity index (χ0) is 21.3. The molecule has 0 aliphatic carbocycles. The van der Waals surface area contributed by atoms with E-state index in [0.717, 1.165) is 5.56 Å². The highest BCUT2D eigenvalue weighted by Gasteiger charge is 2.21. The first-order chi connectivity index (χ1) is 14.6. The van der Waals surface area contributed by atoms with Crippen molar-refractivity contribution in [3.05, 3.63) is 107 Å². The number of methoxy groups -OCH3 is 2. The Morgan fingerprint density at radius 2 is 1.47 bits per heavy atom. The molecule has 4 nitrogen and oxygen atoms in total. The summed E-state index contributed by atoms with van der Waals surface area (Å²) in [6, 6.07) is 23.5. The molecule has 0 aromatic heterocycles. The van der Waals surface area contributed by atoms with Crippen LogP contribution in [-0.4, -0.2) is 26.0 Å². The molecular weight excluding hydrogens is 376 g/mol. The van der Waals surface area contributed by atoms with E-state index in [1.54, 1.807) is 37.4 Å². The first kappa shape index (κ1) is 20.6. The van der Waals surface area contributed by atoms with E-state index in [-0.39, 0.29) is 5.57 Å². The van der Waals surface area contributed by atoms with Crippen molar-refractivity contribution >= 4 is 17.8 Å². The molecule has 3 aromatic rings. The van der Waals surface area contributed by atoms with Crippen LogP contribution in [0.3, 0.4) is 0 Å². The van der Waals surface area contributed by atoms with Crippen molar-refractivity contribution in [3.8, 4) is 17.6 Å². The molecule has 0 amide bonds. The molecule has 0 radical (unpaired) electrons. The van der Waals surface area contributed by atoms with Crippen molar-refractivity contribution in [2.24, 2.45) is 0 Å². The highest BCUT2D eigenvalue weighted by atomic mass is 16.5. The number of carbonyl (C=O) groups is 2. The number of ketones is 1. The number of carbonyl (C=O) groups excluding carboxylic acids is 2. The van der Waals surface area contributed by atoms with Crippen molar-refractivity contribution in [3.63, 3.8) is 0 Å². The van der Waals surface area contributed by atoms with Gasteiger partial charge in [-0.1, -0.05) is 48.2 Å². The standard InChI is InChI=1S/C26H20O4/c1-29-23-16-14-21(15-17-23)25(27)24(26(28)30-2)18-22-11-7-6-10-20(22)13-12-19-8-4-3-5-9-19/h3-11,14-18H,1-2H3/b24-18-. The van der Waals surface area contributed by atoms with Gasteiger partial charge in [-0.25, -0.2) is 4.79 Å². The van der Waals surface area contributed by atoms with E-state index < -0.39 is 11.8 Å². The molecule has 4 heteroatoms. The Balaban J connectivity index is 2.01. The minimum atomic E-state index is -0.707. The third kappa shape index (κ3) is 5.03. The number of ether oxygens (including phenoxy) is 2. The Morgan fingerprint density at radius 3 is 2.13 bits per heavy atom. The van der Waals surface area contributed by atoms with E-state index >= 15 is 0 Å². The molecule has 148 valence electrons. The summed E-state index contributed by atoms with van der Waals surface area (Å²) in [5, 5.41) is 0. The second-order valence-corrected chi connectivity index (χ2v) is 6.31. The Bertz CT molecular complexity index is 1130. The predicted octanol–water partition coefficient (Wildman–Crippen LogP) is 4.53. The van der Waals surface area contributed by atoms with Crippen molar-refractivity contribution in [2.45, 2.75) is 0 Å². The van der Waals surface area contributed by atoms with E-state index in [0.29, 0.717) is 22.4 Å². The van der Waals surface area contributed by atoms with Gasteiger partial charge in [-0.05, 0) is 54.1 Å². The molecule has 0 spiro atoms. The second kappa shape index (κ2) is 9.90. The molecule has 30 heavy (non-hydrogen) atoms. The third-order valence-electron chi connectivity index (χ3n) is 4.38. The normalized spacial score (nSPS) is 10.5. The molecule has 0 saturated carbocycles. The third-order valence-corrected chi connectivity index (χ3v) is 4.38. The molecule has 0 saturated heterocycles. The van der Waals surface area contributed by atoms with Crippen molar-refractivity contribution in [1.29, 1.82) is 0 Å². The fourth-order valence-corrected chi connectivity index (χ4v) is 2.78. The summed E-state index contributed by atoms with van der Waals surface area (Å²) in [6.45, 7) is 0. The summed E-state index contributed by atoms with van der Waals surface area (Å²) in [7, 11) is 2.79. The zero-order valence-corrected chi connectivity index (χ0v) is 16.7. The SMILES string of the molecule is COC(=O)/C(=C\c1ccccc1C#Cc1ccccc1)C(=O)c1ccc(OC)cc1. The van der Waals surface area contributed by atoms with Crippen molar-refractivity contribution in [2.75, 3.05) is 14.2 Å². The van der Waals surface area contributed by atoms with Crippen LogP contribution in [0.1, 0.15) is 27.0 Å². The van der Waals surface area contributed by atoms with Crippen LogP contribution in [0.25, 0.3) is 6.08 Å². The van der Waals surface area contributed by atoms with Crippen LogP contribution >= 0.6 is 0 Å². The number of hydrogen-bond donors (Lipinski definition) is 0. The van der Waals surface area contributed by atoms with Crippen LogP contribution in [0.4, 0.5) is 0 Å². The molecular formula is C26H20O4. The lowest BCUT2D eigenvalue weighted by molar-refractivity contribution is -0.135. The van der Waals surface area contributed by atoms with Crippen LogP contribution in [-0.2, 0) is 9.53 Å². The Labute approximate surface area is 175 Å². The smallest absolute Gasteiger partial charge is 0.341 e. The summed E-state index contributed by atoms with van der Waals surface area (Å²) >= 11 is 0. The van der Waals surface area contributed by atoms with Gasteiger partial charge in [0.2, 0.25) is 0 Å². The molecule has 0 atom stereocenters. The molecule has 0 N–H and O–H groups in total. The molecule has 0 fully saturated rings. The predicted molar refractivity (Wildman–Crippen MR) is 116 cm³/mol. The van der Waals surface area contributed by atoms with Crippen LogP contribution in [0.2, 0.25) is 0 Å². The van der Waals surface area contributed by atoms with Crippen molar-refractivity contribution < 1.29 is 19.1 Å². The van der Waals surface area contributed by atoms with Crippen LogP contribution < -0.4 is 4.74 Å². The summed E-state index contributed by atoms with van der Waals surface area (Å²) in [6.07, 6.45) is 1.52. The fraction of sp³-hybridized carbons (Fsp3) is 0.0769. The van der Waals surface area contributed by atoms with E-state index in [1.165, 1.54) is 13.2 Å². The molecule has 0 unspecified atom stereocenters. The van der Waals surface area contributed by atoms with E-state index in [1.807, 2.05) is 48.5 Å². The Morgan fingerprint density at radius 1 is 0.800 bits per heavy atom. The average molecular weight is 396 g/mol. The quantitative estimate of drug-likeness (QED) is 0.159. The molecule has 0 heterocycles. The summed E-state index contributed by atoms with van der Waals surface area (Å²) in [4.78, 5) is 25.4. The fourth-order valence-electron chi connectivity index (χ4n) is 2.78. The summed E-state index contributed by atoms with van der Waals surface area (Å²) < 4.78 is 9.97. The Kier molecular flexibility index (Phi) is 6.81. The van der Waals surface area contributed by atoms with Gasteiger partial charge < -0.3 is 9.47 Å². The minimum absolute atomic E-state index is 0.0726. The lowest BCUT2D eigenvalue weighted by Gasteiger charge is -2.07. The maximum Gasteiger partial charge on any atom is 0.341 e. The van der Waals surface area contributed by atoms with Gasteiger partial charge in [0, 0.05) is 16.7 Å². The van der Waals surface area contributed by atoms with E-state index in [2.05, 4.69) is 11.8 Å². The average Bonchev–Trinajstić information content (AvgIpc) is 2.81. The number of Topliss-reactive ketones (excluding diaryl/α,β-unsaturated/α-hetero) is 1. The first-order valence-electron chi connectivity index (χ1n) is 9.27. The maximum atomic E-state index is 13.0. The van der Waals surface area contributed by atoms with Crippen LogP contribution in [0.15, 0.2) is 84.4 Å². The van der Waals surface area contributed by atoms with Gasteiger partial charge in [-0.15, -0.1) is 0 Å². The van der Waals surface area contributed by atoms with Gasteiger partial charge in [-0.2, -0.15) is 0 Å². The van der Waals surface area contributed by atoms with Crippen molar-refractivity contribution in [1.82, 2.24) is 0 Å². The summed E-state index contributed by atoms with van der Waals surface area (Å²) in [5.41, 5.74) is 2.52. The first-order valence-corrected chi connectivity index (χ1v) is 9.27. The number of benzene rings is 3. The van der Waals surface area contributed by atoms with Gasteiger partial charge >= 0.3 is 5.97 Å². The molecule has 0 aliphatic rings. The highest BCUT2D eigenvalue weighted by Crippen LogP contribution is 2.19. The maximum absolute atomic E-state index is 13.0. The second-order valence-electron chi connectivity index (χ2n) is 6.31. The monoisotopic (exact) mass is 396 g/mol. The van der Waals surface area contributed by atoms with Gasteiger partial charge in [0.05, 0.1) is 14.2 Å². The highest BCUT2D eigenvalue weighted by molar-refractivity contribution is 6.27. The van der Waals surface area contributed by atoms with Gasteiger partial charge in [0.1, 0.15) is 11.3 Å². The summed E-state index contributed by atoms with van der Waals surface area (Å²) in [5.74, 6) is 5.69. The number of hydrogen-bond acceptors (Lipinski definition) is 4. The molecule has 3 aromatic carbocycles. The van der Waals surface area contributed by atoms with Gasteiger partial charge in [-0.3, -0.25) is 4.79 Å². The number of esters is 1. The minimum Gasteiger partial charge on any atom is -0.497 e. The van der Waals surface area contributed by atoms with Gasteiger partial charge in [0.25, 0.3) is 0 Å².